The monoisotopic (exact) mass is 131 g/mol. The first-order valence-corrected chi connectivity index (χ1v) is 3.32. The van der Waals surface area contributed by atoms with Crippen molar-refractivity contribution in [3.05, 3.63) is 6.42 Å². The molecule has 9 heavy (non-hydrogen) atoms. The maximum absolute atomic E-state index is 12.2. The summed E-state index contributed by atoms with van der Waals surface area (Å²) in [4.78, 5) is 0. The zero-order valence-corrected chi connectivity index (χ0v) is 5.16. The van der Waals surface area contributed by atoms with E-state index in [9.17, 15) is 8.78 Å². The average molecular weight is 131 g/mol. The van der Waals surface area contributed by atoms with Crippen molar-refractivity contribution in [2.45, 2.75) is 31.6 Å². The number of alkyl halides is 2. The molecule has 2 rings (SSSR count). The minimum absolute atomic E-state index is 0.0729. The van der Waals surface area contributed by atoms with Crippen LogP contribution in [0.15, 0.2) is 0 Å². The first-order valence-electron chi connectivity index (χ1n) is 3.32. The Morgan fingerprint density at radius 1 is 1.11 bits per heavy atom. The molecule has 0 aromatic rings. The highest BCUT2D eigenvalue weighted by molar-refractivity contribution is 5.09. The van der Waals surface area contributed by atoms with E-state index in [0.29, 0.717) is 0 Å². The molecule has 0 saturated heterocycles. The quantitative estimate of drug-likeness (QED) is 0.473. The van der Waals surface area contributed by atoms with Gasteiger partial charge in [-0.25, -0.2) is 8.78 Å². The summed E-state index contributed by atoms with van der Waals surface area (Å²) in [6, 6.07) is 0. The summed E-state index contributed by atoms with van der Waals surface area (Å²) >= 11 is 0. The first kappa shape index (κ1) is 5.63. The maximum Gasteiger partial charge on any atom is 0.249 e. The van der Waals surface area contributed by atoms with Crippen molar-refractivity contribution in [3.63, 3.8) is 0 Å². The molecule has 1 spiro atoms. The minimum Gasteiger partial charge on any atom is -0.207 e. The molecule has 2 aliphatic rings. The van der Waals surface area contributed by atoms with E-state index >= 15 is 0 Å². The smallest absolute Gasteiger partial charge is 0.207 e. The predicted octanol–water partition coefficient (Wildman–Crippen LogP) is 2.40. The van der Waals surface area contributed by atoms with E-state index in [0.717, 1.165) is 12.8 Å². The molecule has 0 aromatic heterocycles. The van der Waals surface area contributed by atoms with Crippen molar-refractivity contribution < 1.29 is 8.78 Å². The molecule has 2 fully saturated rings. The predicted molar refractivity (Wildman–Crippen MR) is 30.1 cm³/mol. The van der Waals surface area contributed by atoms with Crippen LogP contribution in [-0.2, 0) is 0 Å². The van der Waals surface area contributed by atoms with Crippen LogP contribution in [0.2, 0.25) is 0 Å². The van der Waals surface area contributed by atoms with Gasteiger partial charge in [0.2, 0.25) is 5.92 Å². The van der Waals surface area contributed by atoms with Gasteiger partial charge >= 0.3 is 0 Å². The van der Waals surface area contributed by atoms with Gasteiger partial charge in [0.05, 0.1) is 0 Å². The average Bonchev–Trinajstić information content (AvgIpc) is 1.54. The molecule has 0 N–H and O–H groups in total. The fourth-order valence-electron chi connectivity index (χ4n) is 1.89. The highest BCUT2D eigenvalue weighted by atomic mass is 19.3. The second-order valence-electron chi connectivity index (χ2n) is 3.41. The summed E-state index contributed by atoms with van der Waals surface area (Å²) in [5, 5.41) is 0. The zero-order chi connectivity index (χ0) is 6.54. The van der Waals surface area contributed by atoms with Crippen molar-refractivity contribution in [2.75, 3.05) is 0 Å². The van der Waals surface area contributed by atoms with Crippen LogP contribution in [0.1, 0.15) is 25.7 Å². The first-order chi connectivity index (χ1) is 4.12. The molecular weight excluding hydrogens is 122 g/mol. The number of halogens is 2. The van der Waals surface area contributed by atoms with Crippen LogP contribution in [0.25, 0.3) is 0 Å². The second-order valence-corrected chi connectivity index (χ2v) is 3.41. The Balaban J connectivity index is 1.96. The number of hydrogen-bond acceptors (Lipinski definition) is 0. The minimum atomic E-state index is -2.31. The lowest BCUT2D eigenvalue weighted by molar-refractivity contribution is -0.177. The maximum atomic E-state index is 12.2. The topological polar surface area (TPSA) is 0 Å². The van der Waals surface area contributed by atoms with Gasteiger partial charge in [-0.15, -0.1) is 0 Å². The van der Waals surface area contributed by atoms with Crippen molar-refractivity contribution in [3.8, 4) is 0 Å². The third-order valence-electron chi connectivity index (χ3n) is 2.42. The molecule has 0 aliphatic heterocycles. The molecule has 0 atom stereocenters. The standard InChI is InChI=1S/C7H9F2/c8-7(9)4-6(5-7)2-1-3-6/h1H,2-5H2. The fraction of sp³-hybridized carbons (Fsp3) is 0.857. The van der Waals surface area contributed by atoms with E-state index in [4.69, 9.17) is 0 Å². The summed E-state index contributed by atoms with van der Waals surface area (Å²) in [6.45, 7) is 0. The molecule has 0 aromatic carbocycles. The molecular formula is C7H9F2. The largest absolute Gasteiger partial charge is 0.249 e. The van der Waals surface area contributed by atoms with Crippen molar-refractivity contribution in [2.24, 2.45) is 5.41 Å². The van der Waals surface area contributed by atoms with Gasteiger partial charge in [-0.1, -0.05) is 0 Å². The van der Waals surface area contributed by atoms with Gasteiger partial charge in [0.15, 0.2) is 0 Å². The van der Waals surface area contributed by atoms with E-state index in [-0.39, 0.29) is 18.3 Å². The van der Waals surface area contributed by atoms with Crippen molar-refractivity contribution in [1.29, 1.82) is 0 Å². The van der Waals surface area contributed by atoms with Crippen LogP contribution in [0.4, 0.5) is 8.78 Å². The van der Waals surface area contributed by atoms with Gasteiger partial charge in [-0.3, -0.25) is 0 Å². The van der Waals surface area contributed by atoms with Gasteiger partial charge in [0.25, 0.3) is 0 Å². The van der Waals surface area contributed by atoms with Gasteiger partial charge in [-0.05, 0) is 24.7 Å². The highest BCUT2D eigenvalue weighted by Gasteiger charge is 2.58. The molecule has 0 nitrogen and oxygen atoms in total. The second kappa shape index (κ2) is 1.30. The van der Waals surface area contributed by atoms with Crippen LogP contribution >= 0.6 is 0 Å². The van der Waals surface area contributed by atoms with Gasteiger partial charge in [0, 0.05) is 12.8 Å². The molecule has 2 aliphatic carbocycles. The van der Waals surface area contributed by atoms with Crippen LogP contribution < -0.4 is 0 Å². The fourth-order valence-corrected chi connectivity index (χ4v) is 1.89. The Labute approximate surface area is 53.2 Å². The van der Waals surface area contributed by atoms with Crippen LogP contribution in [-0.4, -0.2) is 5.92 Å². The van der Waals surface area contributed by atoms with Crippen LogP contribution in [0.3, 0.4) is 0 Å². The van der Waals surface area contributed by atoms with Gasteiger partial charge < -0.3 is 0 Å². The number of hydrogen-bond donors (Lipinski definition) is 0. The Hall–Kier alpha value is -0.140. The van der Waals surface area contributed by atoms with Crippen molar-refractivity contribution in [1.82, 2.24) is 0 Å². The van der Waals surface area contributed by atoms with E-state index in [1.807, 2.05) is 0 Å². The van der Waals surface area contributed by atoms with Crippen LogP contribution in [0.5, 0.6) is 0 Å². The molecule has 1 radical (unpaired) electrons. The molecule has 2 saturated carbocycles. The molecule has 2 heteroatoms. The Kier molecular flexibility index (Phi) is 0.814. The Bertz CT molecular complexity index is 126. The van der Waals surface area contributed by atoms with Crippen molar-refractivity contribution >= 4 is 0 Å². The lowest BCUT2D eigenvalue weighted by Crippen LogP contribution is -2.50. The Morgan fingerprint density at radius 2 is 1.67 bits per heavy atom. The van der Waals surface area contributed by atoms with Crippen LogP contribution in [0, 0.1) is 11.8 Å². The third kappa shape index (κ3) is 0.684. The van der Waals surface area contributed by atoms with E-state index in [1.54, 1.807) is 0 Å². The van der Waals surface area contributed by atoms with Gasteiger partial charge in [0.1, 0.15) is 0 Å². The SMILES string of the molecule is FC1(F)CC2(C[CH]C2)C1. The third-order valence-corrected chi connectivity index (χ3v) is 2.42. The lowest BCUT2D eigenvalue weighted by atomic mass is 9.54. The summed E-state index contributed by atoms with van der Waals surface area (Å²) in [5.41, 5.74) is 0.0729. The van der Waals surface area contributed by atoms with E-state index in [1.165, 1.54) is 0 Å². The Morgan fingerprint density at radius 3 is 1.78 bits per heavy atom. The summed E-state index contributed by atoms with van der Waals surface area (Å²) < 4.78 is 24.5. The highest BCUT2D eigenvalue weighted by Crippen LogP contribution is 2.61. The molecule has 0 heterocycles. The summed E-state index contributed by atoms with van der Waals surface area (Å²) in [7, 11) is 0. The van der Waals surface area contributed by atoms with E-state index in [2.05, 4.69) is 6.42 Å². The summed E-state index contributed by atoms with van der Waals surface area (Å²) in [6.07, 6.45) is 4.26. The van der Waals surface area contributed by atoms with Gasteiger partial charge in [-0.2, -0.15) is 0 Å². The zero-order valence-electron chi connectivity index (χ0n) is 5.16. The molecule has 0 unspecified atom stereocenters. The molecule has 51 valence electrons. The lowest BCUT2D eigenvalue weighted by Gasteiger charge is -2.53. The van der Waals surface area contributed by atoms with E-state index < -0.39 is 5.92 Å². The molecule has 0 bridgehead atoms. The molecule has 0 amide bonds. The summed E-state index contributed by atoms with van der Waals surface area (Å²) in [5.74, 6) is -2.31. The number of rotatable bonds is 0. The normalized spacial score (nSPS) is 35.3.